The van der Waals surface area contributed by atoms with Crippen molar-refractivity contribution >= 4 is 22.5 Å². The fourth-order valence-electron chi connectivity index (χ4n) is 3.24. The van der Waals surface area contributed by atoms with Crippen molar-refractivity contribution < 1.29 is 18.3 Å². The maximum atomic E-state index is 12.7. The third-order valence-electron chi connectivity index (χ3n) is 7.66. The van der Waals surface area contributed by atoms with E-state index in [1.807, 2.05) is 6.92 Å². The van der Waals surface area contributed by atoms with Gasteiger partial charge < -0.3 is 24.1 Å². The molecule has 2 N–H and O–H groups in total. The first-order valence-electron chi connectivity index (χ1n) is 11.7. The van der Waals surface area contributed by atoms with Crippen molar-refractivity contribution in [3.05, 3.63) is 22.2 Å². The van der Waals surface area contributed by atoms with E-state index in [2.05, 4.69) is 72.7 Å². The smallest absolute Gasteiger partial charge is 0.351 e. The van der Waals surface area contributed by atoms with Crippen molar-refractivity contribution in [2.75, 3.05) is 19.5 Å². The van der Waals surface area contributed by atoms with Gasteiger partial charge in [-0.3, -0.25) is 4.57 Å². The normalized spacial score (nSPS) is 25.0. The van der Waals surface area contributed by atoms with Crippen molar-refractivity contribution in [3.63, 3.8) is 0 Å². The molecule has 2 heterocycles. The molecule has 4 atom stereocenters. The second-order valence-electron chi connectivity index (χ2n) is 12.2. The topological polar surface area (TPSA) is 97.8 Å². The van der Waals surface area contributed by atoms with Crippen LogP contribution in [0.25, 0.3) is 0 Å². The highest BCUT2D eigenvalue weighted by Crippen LogP contribution is 2.43. The Bertz CT molecular complexity index is 890. The summed E-state index contributed by atoms with van der Waals surface area (Å²) < 4.78 is 27.2. The van der Waals surface area contributed by atoms with Gasteiger partial charge in [0.15, 0.2) is 22.9 Å². The molecule has 1 aromatic rings. The lowest BCUT2D eigenvalue weighted by Gasteiger charge is -2.41. The van der Waals surface area contributed by atoms with Crippen LogP contribution >= 0.6 is 0 Å². The standard InChI is InChI=1S/C23H45N3O5Si2/c1-15-13-26(21(27)25-19(15)24)20-18(28-8)17(31-33(11,12)23(5,6)7)16(30-20)14-29-32(9,10)22(2,3)4/h13,16-18,20H,14H2,1-12H3,(H2,24,25,27)/t16-,17?,18+,20-/m1/s1. The van der Waals surface area contributed by atoms with Gasteiger partial charge in [-0.25, -0.2) is 4.79 Å². The summed E-state index contributed by atoms with van der Waals surface area (Å²) in [4.78, 5) is 16.7. The second kappa shape index (κ2) is 9.54. The Balaban J connectivity index is 2.46. The van der Waals surface area contributed by atoms with E-state index in [4.69, 9.17) is 24.1 Å². The highest BCUT2D eigenvalue weighted by molar-refractivity contribution is 6.74. The van der Waals surface area contributed by atoms with Crippen molar-refractivity contribution in [3.8, 4) is 0 Å². The number of nitrogens with two attached hydrogens (primary N) is 1. The van der Waals surface area contributed by atoms with Gasteiger partial charge in [0, 0.05) is 18.9 Å². The molecule has 1 aliphatic rings. The van der Waals surface area contributed by atoms with Crippen molar-refractivity contribution in [1.29, 1.82) is 0 Å². The molecule has 0 amide bonds. The molecule has 1 aromatic heterocycles. The molecular formula is C23H45N3O5Si2. The van der Waals surface area contributed by atoms with E-state index in [1.54, 1.807) is 13.3 Å². The molecule has 1 aliphatic heterocycles. The Hall–Kier alpha value is -1.05. The number of rotatable bonds is 7. The van der Waals surface area contributed by atoms with Gasteiger partial charge in [0.2, 0.25) is 0 Å². The van der Waals surface area contributed by atoms with Crippen LogP contribution in [0.4, 0.5) is 5.82 Å². The molecule has 10 heteroatoms. The van der Waals surface area contributed by atoms with E-state index >= 15 is 0 Å². The van der Waals surface area contributed by atoms with E-state index in [0.29, 0.717) is 12.2 Å². The number of methoxy groups -OCH3 is 1. The molecule has 0 aromatic carbocycles. The number of aryl methyl sites for hydroxylation is 1. The lowest BCUT2D eigenvalue weighted by molar-refractivity contribution is -0.0612. The number of hydrogen-bond acceptors (Lipinski definition) is 7. The van der Waals surface area contributed by atoms with Crippen molar-refractivity contribution in [1.82, 2.24) is 9.55 Å². The highest BCUT2D eigenvalue weighted by Gasteiger charge is 2.52. The van der Waals surface area contributed by atoms with Gasteiger partial charge in [-0.15, -0.1) is 0 Å². The Morgan fingerprint density at radius 1 is 1.06 bits per heavy atom. The zero-order valence-electron chi connectivity index (χ0n) is 22.6. The second-order valence-corrected chi connectivity index (χ2v) is 21.7. The highest BCUT2D eigenvalue weighted by atomic mass is 28.4. The van der Waals surface area contributed by atoms with Crippen LogP contribution in [0.3, 0.4) is 0 Å². The third kappa shape index (κ3) is 5.97. The Labute approximate surface area is 201 Å². The first-order valence-corrected chi connectivity index (χ1v) is 17.5. The summed E-state index contributed by atoms with van der Waals surface area (Å²) in [5, 5.41) is 0.0702. The number of nitrogens with zero attached hydrogens (tertiary/aromatic N) is 2. The molecule has 190 valence electrons. The number of hydrogen-bond donors (Lipinski definition) is 1. The first-order chi connectivity index (χ1) is 14.8. The van der Waals surface area contributed by atoms with Crippen LogP contribution in [-0.4, -0.2) is 58.2 Å². The van der Waals surface area contributed by atoms with Gasteiger partial charge in [-0.2, -0.15) is 4.98 Å². The monoisotopic (exact) mass is 499 g/mol. The zero-order valence-corrected chi connectivity index (χ0v) is 24.6. The molecule has 8 nitrogen and oxygen atoms in total. The van der Waals surface area contributed by atoms with Crippen LogP contribution in [-0.2, 0) is 18.3 Å². The number of anilines is 1. The van der Waals surface area contributed by atoms with Crippen LogP contribution in [0.2, 0.25) is 36.3 Å². The molecule has 2 rings (SSSR count). The average molecular weight is 500 g/mol. The van der Waals surface area contributed by atoms with Crippen LogP contribution < -0.4 is 11.4 Å². The lowest BCUT2D eigenvalue weighted by atomic mass is 10.1. The van der Waals surface area contributed by atoms with Crippen molar-refractivity contribution in [2.45, 2.75) is 109 Å². The van der Waals surface area contributed by atoms with Crippen LogP contribution in [0.1, 0.15) is 53.3 Å². The SMILES string of the molecule is CO[C@H]1C(O[Si](C)(C)C(C)(C)C)[C@@H](CO[Si](C)(C)C(C)(C)C)O[C@H]1n1cc(C)c(N)nc1=O. The molecule has 33 heavy (non-hydrogen) atoms. The summed E-state index contributed by atoms with van der Waals surface area (Å²) in [5.41, 5.74) is 6.08. The number of nitrogen functional groups attached to an aromatic ring is 1. The van der Waals surface area contributed by atoms with Gasteiger partial charge in [0.1, 0.15) is 24.1 Å². The molecule has 0 aliphatic carbocycles. The molecule has 0 saturated carbocycles. The van der Waals surface area contributed by atoms with Crippen molar-refractivity contribution in [2.24, 2.45) is 0 Å². The largest absolute Gasteiger partial charge is 0.414 e. The lowest BCUT2D eigenvalue weighted by Crippen LogP contribution is -2.51. The predicted molar refractivity (Wildman–Crippen MR) is 138 cm³/mol. The minimum atomic E-state index is -2.17. The van der Waals surface area contributed by atoms with Gasteiger partial charge in [0.05, 0.1) is 6.61 Å². The molecule has 1 fully saturated rings. The first kappa shape index (κ1) is 28.2. The molecule has 0 radical (unpaired) electrons. The summed E-state index contributed by atoms with van der Waals surface area (Å²) in [7, 11) is -2.57. The Kier molecular flexibility index (Phi) is 8.15. The molecule has 1 unspecified atom stereocenters. The molecule has 0 spiro atoms. The Morgan fingerprint density at radius 3 is 2.09 bits per heavy atom. The summed E-state index contributed by atoms with van der Waals surface area (Å²) in [6.45, 7) is 24.3. The van der Waals surface area contributed by atoms with E-state index in [-0.39, 0.29) is 28.1 Å². The van der Waals surface area contributed by atoms with Crippen LogP contribution in [0.15, 0.2) is 11.0 Å². The quantitative estimate of drug-likeness (QED) is 0.553. The molecule has 1 saturated heterocycles. The predicted octanol–water partition coefficient (Wildman–Crippen LogP) is 4.46. The molecule has 0 bridgehead atoms. The van der Waals surface area contributed by atoms with Crippen LogP contribution in [0.5, 0.6) is 0 Å². The summed E-state index contributed by atoms with van der Waals surface area (Å²) >= 11 is 0. The minimum Gasteiger partial charge on any atom is -0.414 e. The summed E-state index contributed by atoms with van der Waals surface area (Å²) in [6, 6.07) is 0. The number of aromatic nitrogens is 2. The Morgan fingerprint density at radius 2 is 1.61 bits per heavy atom. The van der Waals surface area contributed by atoms with Gasteiger partial charge in [-0.1, -0.05) is 41.5 Å². The van der Waals surface area contributed by atoms with E-state index < -0.39 is 34.7 Å². The van der Waals surface area contributed by atoms with Gasteiger partial charge >= 0.3 is 5.69 Å². The van der Waals surface area contributed by atoms with E-state index in [1.165, 1.54) is 4.57 Å². The zero-order chi connectivity index (χ0) is 25.6. The summed E-state index contributed by atoms with van der Waals surface area (Å²) in [6.07, 6.45) is -0.253. The van der Waals surface area contributed by atoms with E-state index in [9.17, 15) is 4.79 Å². The average Bonchev–Trinajstić information content (AvgIpc) is 2.97. The summed E-state index contributed by atoms with van der Waals surface area (Å²) in [5.74, 6) is 0.218. The minimum absolute atomic E-state index is 0.00436. The van der Waals surface area contributed by atoms with Gasteiger partial charge in [-0.05, 0) is 43.2 Å². The van der Waals surface area contributed by atoms with Gasteiger partial charge in [0.25, 0.3) is 0 Å². The molecular weight excluding hydrogens is 454 g/mol. The fourth-order valence-corrected chi connectivity index (χ4v) is 5.58. The van der Waals surface area contributed by atoms with E-state index in [0.717, 1.165) is 0 Å². The number of ether oxygens (including phenoxy) is 2. The maximum Gasteiger partial charge on any atom is 0.351 e. The third-order valence-corrected chi connectivity index (χ3v) is 16.6. The maximum absolute atomic E-state index is 12.7. The fraction of sp³-hybridized carbons (Fsp3) is 0.826. The van der Waals surface area contributed by atoms with Crippen LogP contribution in [0, 0.1) is 6.92 Å².